The lowest BCUT2D eigenvalue weighted by molar-refractivity contribution is -0.123. The van der Waals surface area contributed by atoms with Gasteiger partial charge >= 0.3 is 0 Å². The lowest BCUT2D eigenvalue weighted by Crippen LogP contribution is -2.50. The van der Waals surface area contributed by atoms with Gasteiger partial charge in [0.1, 0.15) is 5.54 Å². The fraction of sp³-hybridized carbons (Fsp3) is 0.579. The number of nitriles is 1. The van der Waals surface area contributed by atoms with Crippen LogP contribution in [0.15, 0.2) is 18.2 Å². The van der Waals surface area contributed by atoms with Crippen LogP contribution in [0.25, 0.3) is 0 Å². The van der Waals surface area contributed by atoms with Crippen LogP contribution < -0.4 is 14.8 Å². The maximum Gasteiger partial charge on any atom is 0.235 e. The summed E-state index contributed by atoms with van der Waals surface area (Å²) in [6.07, 6.45) is 2.01. The molecule has 25 heavy (non-hydrogen) atoms. The highest BCUT2D eigenvalue weighted by atomic mass is 16.5. The standard InChI is InChI=1S/C19H27N3O3/c1-5-22(11-14-6-9-16(24-3)17(10-14)25-4)12-18(23)21-19(2,13-20)15-7-8-15/h6,9-10,15H,5,7-8,11-12H2,1-4H3,(H,21,23). The van der Waals surface area contributed by atoms with E-state index in [1.165, 1.54) is 0 Å². The number of methoxy groups -OCH3 is 2. The van der Waals surface area contributed by atoms with Crippen LogP contribution in [0.5, 0.6) is 11.5 Å². The van der Waals surface area contributed by atoms with Crippen LogP contribution in [0, 0.1) is 17.2 Å². The fourth-order valence-corrected chi connectivity index (χ4v) is 2.93. The van der Waals surface area contributed by atoms with E-state index in [9.17, 15) is 10.1 Å². The molecule has 1 unspecified atom stereocenters. The molecule has 1 amide bonds. The molecule has 2 rings (SSSR count). The maximum absolute atomic E-state index is 12.4. The minimum absolute atomic E-state index is 0.113. The third-order valence-electron chi connectivity index (χ3n) is 4.69. The molecule has 1 aromatic rings. The van der Waals surface area contributed by atoms with E-state index < -0.39 is 5.54 Å². The topological polar surface area (TPSA) is 74.6 Å². The number of carbonyl (C=O) groups is 1. The van der Waals surface area contributed by atoms with Crippen molar-refractivity contribution in [3.05, 3.63) is 23.8 Å². The second kappa shape index (κ2) is 8.21. The van der Waals surface area contributed by atoms with Gasteiger partial charge in [-0.05, 0) is 49.9 Å². The van der Waals surface area contributed by atoms with E-state index in [1.807, 2.05) is 36.9 Å². The Balaban J connectivity index is 1.98. The molecule has 136 valence electrons. The molecule has 0 saturated heterocycles. The van der Waals surface area contributed by atoms with Crippen molar-refractivity contribution in [1.82, 2.24) is 10.2 Å². The number of ether oxygens (including phenoxy) is 2. The van der Waals surface area contributed by atoms with E-state index in [4.69, 9.17) is 9.47 Å². The maximum atomic E-state index is 12.4. The summed E-state index contributed by atoms with van der Waals surface area (Å²) in [6.45, 7) is 5.44. The van der Waals surface area contributed by atoms with Gasteiger partial charge in [-0.1, -0.05) is 13.0 Å². The monoisotopic (exact) mass is 345 g/mol. The Morgan fingerprint density at radius 1 is 1.36 bits per heavy atom. The summed E-state index contributed by atoms with van der Waals surface area (Å²) in [4.78, 5) is 14.4. The summed E-state index contributed by atoms with van der Waals surface area (Å²) < 4.78 is 10.6. The van der Waals surface area contributed by atoms with Crippen molar-refractivity contribution in [3.8, 4) is 17.6 Å². The summed E-state index contributed by atoms with van der Waals surface area (Å²) in [6, 6.07) is 8.01. The fourth-order valence-electron chi connectivity index (χ4n) is 2.93. The number of benzene rings is 1. The van der Waals surface area contributed by atoms with Gasteiger partial charge in [0, 0.05) is 6.54 Å². The quantitative estimate of drug-likeness (QED) is 0.743. The van der Waals surface area contributed by atoms with E-state index in [0.29, 0.717) is 18.0 Å². The second-order valence-electron chi connectivity index (χ2n) is 6.63. The zero-order valence-electron chi connectivity index (χ0n) is 15.5. The zero-order valence-corrected chi connectivity index (χ0v) is 15.5. The van der Waals surface area contributed by atoms with Crippen molar-refractivity contribution in [2.45, 2.75) is 38.8 Å². The number of carbonyl (C=O) groups excluding carboxylic acids is 1. The largest absolute Gasteiger partial charge is 0.493 e. The number of hydrogen-bond donors (Lipinski definition) is 1. The van der Waals surface area contributed by atoms with E-state index >= 15 is 0 Å². The minimum atomic E-state index is -0.750. The van der Waals surface area contributed by atoms with Crippen LogP contribution in [0.3, 0.4) is 0 Å². The molecule has 1 aliphatic rings. The third kappa shape index (κ3) is 4.86. The first-order valence-corrected chi connectivity index (χ1v) is 8.61. The molecule has 6 heteroatoms. The van der Waals surface area contributed by atoms with Crippen LogP contribution in [-0.4, -0.2) is 43.7 Å². The Morgan fingerprint density at radius 3 is 2.56 bits per heavy atom. The predicted octanol–water partition coefficient (Wildman–Crippen LogP) is 2.33. The highest BCUT2D eigenvalue weighted by Crippen LogP contribution is 2.39. The van der Waals surface area contributed by atoms with E-state index in [1.54, 1.807) is 14.2 Å². The highest BCUT2D eigenvalue weighted by Gasteiger charge is 2.43. The van der Waals surface area contributed by atoms with Crippen molar-refractivity contribution < 1.29 is 14.3 Å². The van der Waals surface area contributed by atoms with Gasteiger partial charge in [0.15, 0.2) is 11.5 Å². The molecule has 0 radical (unpaired) electrons. The second-order valence-corrected chi connectivity index (χ2v) is 6.63. The van der Waals surface area contributed by atoms with Gasteiger partial charge in [-0.25, -0.2) is 0 Å². The first-order chi connectivity index (χ1) is 12.0. The molecule has 6 nitrogen and oxygen atoms in total. The number of hydrogen-bond acceptors (Lipinski definition) is 5. The molecule has 0 bridgehead atoms. The molecule has 0 aromatic heterocycles. The van der Waals surface area contributed by atoms with E-state index in [-0.39, 0.29) is 18.4 Å². The number of rotatable bonds is 9. The van der Waals surface area contributed by atoms with Gasteiger partial charge < -0.3 is 14.8 Å². The van der Waals surface area contributed by atoms with Gasteiger partial charge in [-0.15, -0.1) is 0 Å². The SMILES string of the molecule is CCN(CC(=O)NC(C)(C#N)C1CC1)Cc1ccc(OC)c(OC)c1. The van der Waals surface area contributed by atoms with Crippen molar-refractivity contribution in [3.63, 3.8) is 0 Å². The minimum Gasteiger partial charge on any atom is -0.493 e. The van der Waals surface area contributed by atoms with Crippen molar-refractivity contribution >= 4 is 5.91 Å². The van der Waals surface area contributed by atoms with Crippen molar-refractivity contribution in [2.24, 2.45) is 5.92 Å². The van der Waals surface area contributed by atoms with Crippen LogP contribution in [0.1, 0.15) is 32.3 Å². The molecule has 0 heterocycles. The number of amides is 1. The van der Waals surface area contributed by atoms with Crippen molar-refractivity contribution in [2.75, 3.05) is 27.3 Å². The molecule has 0 spiro atoms. The van der Waals surface area contributed by atoms with Crippen LogP contribution in [0.4, 0.5) is 0 Å². The lowest BCUT2D eigenvalue weighted by Gasteiger charge is -2.26. The molecule has 0 aliphatic heterocycles. The number of nitrogens with zero attached hydrogens (tertiary/aromatic N) is 2. The summed E-state index contributed by atoms with van der Waals surface area (Å²) in [7, 11) is 3.21. The summed E-state index contributed by atoms with van der Waals surface area (Å²) in [5.41, 5.74) is 0.289. The molecule has 1 aliphatic carbocycles. The van der Waals surface area contributed by atoms with E-state index in [0.717, 1.165) is 24.9 Å². The van der Waals surface area contributed by atoms with Crippen LogP contribution in [0.2, 0.25) is 0 Å². The average Bonchev–Trinajstić information content (AvgIpc) is 3.46. The van der Waals surface area contributed by atoms with Crippen LogP contribution >= 0.6 is 0 Å². The van der Waals surface area contributed by atoms with Crippen molar-refractivity contribution in [1.29, 1.82) is 5.26 Å². The Morgan fingerprint density at radius 2 is 2.04 bits per heavy atom. The average molecular weight is 345 g/mol. The molecule has 1 N–H and O–H groups in total. The Bertz CT molecular complexity index is 652. The lowest BCUT2D eigenvalue weighted by atomic mass is 9.98. The summed E-state index contributed by atoms with van der Waals surface area (Å²) >= 11 is 0. The van der Waals surface area contributed by atoms with Gasteiger partial charge in [0.25, 0.3) is 0 Å². The summed E-state index contributed by atoms with van der Waals surface area (Å²) in [5.74, 6) is 1.52. The molecular formula is C19H27N3O3. The number of nitrogens with one attached hydrogen (secondary N) is 1. The molecule has 1 aromatic carbocycles. The smallest absolute Gasteiger partial charge is 0.235 e. The first kappa shape index (κ1) is 19.1. The Labute approximate surface area is 149 Å². The Kier molecular flexibility index (Phi) is 6.27. The van der Waals surface area contributed by atoms with Gasteiger partial charge in [0.05, 0.1) is 26.8 Å². The third-order valence-corrected chi connectivity index (χ3v) is 4.69. The van der Waals surface area contributed by atoms with Gasteiger partial charge in [-0.3, -0.25) is 9.69 Å². The predicted molar refractivity (Wildman–Crippen MR) is 95.4 cm³/mol. The van der Waals surface area contributed by atoms with Gasteiger partial charge in [-0.2, -0.15) is 5.26 Å². The van der Waals surface area contributed by atoms with E-state index in [2.05, 4.69) is 11.4 Å². The molecule has 1 saturated carbocycles. The molecular weight excluding hydrogens is 318 g/mol. The first-order valence-electron chi connectivity index (χ1n) is 8.61. The normalized spacial score (nSPS) is 16.0. The highest BCUT2D eigenvalue weighted by molar-refractivity contribution is 5.79. The Hall–Kier alpha value is -2.26. The molecule has 1 atom stereocenters. The summed E-state index contributed by atoms with van der Waals surface area (Å²) in [5, 5.41) is 12.3. The zero-order chi connectivity index (χ0) is 18.4. The van der Waals surface area contributed by atoms with Crippen LogP contribution in [-0.2, 0) is 11.3 Å². The molecule has 1 fully saturated rings. The number of likely N-dealkylation sites (N-methyl/N-ethyl adjacent to an activating group) is 1. The van der Waals surface area contributed by atoms with Gasteiger partial charge in [0.2, 0.25) is 5.91 Å².